The van der Waals surface area contributed by atoms with Gasteiger partial charge in [0.25, 0.3) is 0 Å². The summed E-state index contributed by atoms with van der Waals surface area (Å²) in [4.78, 5) is 22.7. The molecule has 2 N–H and O–H groups in total. The van der Waals surface area contributed by atoms with E-state index in [-0.39, 0.29) is 11.9 Å². The molecule has 2 saturated heterocycles. The number of amides is 1. The number of para-hydroxylation sites is 1. The number of guanidine groups is 1. The molecule has 30 heavy (non-hydrogen) atoms. The van der Waals surface area contributed by atoms with Crippen molar-refractivity contribution in [3.8, 4) is 0 Å². The van der Waals surface area contributed by atoms with Crippen LogP contribution < -0.4 is 15.5 Å². The Balaban J connectivity index is 1.34. The van der Waals surface area contributed by atoms with E-state index in [0.29, 0.717) is 24.9 Å². The highest BCUT2D eigenvalue weighted by atomic mass is 32.1. The van der Waals surface area contributed by atoms with Crippen LogP contribution in [0.1, 0.15) is 30.2 Å². The van der Waals surface area contributed by atoms with Gasteiger partial charge in [0.05, 0.1) is 6.04 Å². The van der Waals surface area contributed by atoms with E-state index in [0.717, 1.165) is 24.7 Å². The van der Waals surface area contributed by atoms with Gasteiger partial charge in [-0.1, -0.05) is 24.3 Å². The largest absolute Gasteiger partial charge is 0.356 e. The lowest BCUT2D eigenvalue weighted by atomic mass is 9.88. The molecule has 1 aromatic heterocycles. The summed E-state index contributed by atoms with van der Waals surface area (Å²) in [5.74, 6) is 1.47. The fourth-order valence-electron chi connectivity index (χ4n) is 4.66. The third-order valence-electron chi connectivity index (χ3n) is 6.13. The van der Waals surface area contributed by atoms with Crippen LogP contribution in [0.25, 0.3) is 0 Å². The van der Waals surface area contributed by atoms with Crippen molar-refractivity contribution < 1.29 is 4.79 Å². The first kappa shape index (κ1) is 20.9. The first-order chi connectivity index (χ1) is 14.7. The predicted octanol–water partition coefficient (Wildman–Crippen LogP) is 3.10. The van der Waals surface area contributed by atoms with Crippen molar-refractivity contribution in [1.29, 1.82) is 0 Å². The summed E-state index contributed by atoms with van der Waals surface area (Å²) in [6.07, 6.45) is 2.92. The lowest BCUT2D eigenvalue weighted by Gasteiger charge is -2.39. The van der Waals surface area contributed by atoms with Crippen LogP contribution in [0.2, 0.25) is 0 Å². The van der Waals surface area contributed by atoms with Gasteiger partial charge in [0.2, 0.25) is 5.91 Å². The van der Waals surface area contributed by atoms with Crippen molar-refractivity contribution in [3.63, 3.8) is 0 Å². The number of benzene rings is 1. The first-order valence-electron chi connectivity index (χ1n) is 10.7. The predicted molar refractivity (Wildman–Crippen MR) is 124 cm³/mol. The maximum absolute atomic E-state index is 12.5. The number of nitrogens with one attached hydrogen (secondary N) is 2. The molecule has 3 heterocycles. The van der Waals surface area contributed by atoms with Crippen LogP contribution in [-0.4, -0.2) is 56.5 Å². The maximum Gasteiger partial charge on any atom is 0.229 e. The average Bonchev–Trinajstić information content (AvgIpc) is 3.41. The molecule has 7 heteroatoms. The Morgan fingerprint density at radius 3 is 2.80 bits per heavy atom. The molecule has 3 unspecified atom stereocenters. The van der Waals surface area contributed by atoms with E-state index in [1.807, 2.05) is 46.6 Å². The highest BCUT2D eigenvalue weighted by Crippen LogP contribution is 2.36. The van der Waals surface area contributed by atoms with Gasteiger partial charge in [-0.3, -0.25) is 14.7 Å². The molecule has 6 nitrogen and oxygen atoms in total. The van der Waals surface area contributed by atoms with Crippen molar-refractivity contribution in [3.05, 3.63) is 52.7 Å². The van der Waals surface area contributed by atoms with Crippen LogP contribution >= 0.6 is 11.3 Å². The number of rotatable bonds is 5. The number of carbonyl (C=O) groups is 1. The van der Waals surface area contributed by atoms with Gasteiger partial charge in [0, 0.05) is 43.2 Å². The average molecular weight is 426 g/mol. The lowest BCUT2D eigenvalue weighted by Crippen LogP contribution is -2.48. The Bertz CT molecular complexity index is 854. The molecule has 2 aromatic rings. The van der Waals surface area contributed by atoms with Gasteiger partial charge in [0.15, 0.2) is 5.96 Å². The Kier molecular flexibility index (Phi) is 6.69. The molecule has 2 aliphatic rings. The molecular weight excluding hydrogens is 394 g/mol. The molecule has 1 amide bonds. The van der Waals surface area contributed by atoms with E-state index in [1.165, 1.54) is 17.7 Å². The highest BCUT2D eigenvalue weighted by Gasteiger charge is 2.33. The molecule has 160 valence electrons. The minimum absolute atomic E-state index is 0.0611. The summed E-state index contributed by atoms with van der Waals surface area (Å²) >= 11 is 1.84. The number of anilines is 1. The number of hydrogen-bond donors (Lipinski definition) is 2. The summed E-state index contributed by atoms with van der Waals surface area (Å²) in [5.41, 5.74) is 0.957. The maximum atomic E-state index is 12.5. The van der Waals surface area contributed by atoms with Crippen LogP contribution in [-0.2, 0) is 4.79 Å². The van der Waals surface area contributed by atoms with Gasteiger partial charge in [-0.15, -0.1) is 11.3 Å². The quantitative estimate of drug-likeness (QED) is 0.571. The third kappa shape index (κ3) is 4.68. The van der Waals surface area contributed by atoms with Crippen molar-refractivity contribution in [1.82, 2.24) is 15.5 Å². The van der Waals surface area contributed by atoms with Gasteiger partial charge in [-0.05, 0) is 55.9 Å². The Morgan fingerprint density at radius 1 is 1.23 bits per heavy atom. The van der Waals surface area contributed by atoms with Crippen molar-refractivity contribution >= 4 is 28.9 Å². The van der Waals surface area contributed by atoms with Crippen molar-refractivity contribution in [2.45, 2.75) is 31.3 Å². The zero-order chi connectivity index (χ0) is 20.9. The van der Waals surface area contributed by atoms with Gasteiger partial charge in [-0.2, -0.15) is 0 Å². The third-order valence-corrected chi connectivity index (χ3v) is 7.07. The molecule has 0 aliphatic carbocycles. The Labute approximate surface area is 183 Å². The summed E-state index contributed by atoms with van der Waals surface area (Å²) < 4.78 is 0. The van der Waals surface area contributed by atoms with E-state index >= 15 is 0 Å². The fraction of sp³-hybridized carbons (Fsp3) is 0.478. The molecule has 3 atom stereocenters. The zero-order valence-corrected chi connectivity index (χ0v) is 18.6. The molecule has 0 saturated carbocycles. The molecule has 0 spiro atoms. The molecule has 0 bridgehead atoms. The van der Waals surface area contributed by atoms with Crippen LogP contribution in [0.4, 0.5) is 5.69 Å². The Morgan fingerprint density at radius 2 is 2.07 bits per heavy atom. The normalized spacial score (nSPS) is 25.5. The number of carbonyl (C=O) groups excluding carboxylic acids is 1. The second-order valence-electron chi connectivity index (χ2n) is 8.18. The van der Waals surface area contributed by atoms with Crippen LogP contribution in [0.15, 0.2) is 52.8 Å². The number of aliphatic imine (C=N–C) groups is 1. The second-order valence-corrected chi connectivity index (χ2v) is 9.16. The minimum atomic E-state index is 0.0611. The highest BCUT2D eigenvalue weighted by molar-refractivity contribution is 7.10. The van der Waals surface area contributed by atoms with Gasteiger partial charge in [0.1, 0.15) is 0 Å². The zero-order valence-electron chi connectivity index (χ0n) is 17.8. The van der Waals surface area contributed by atoms with E-state index in [9.17, 15) is 4.79 Å². The van der Waals surface area contributed by atoms with E-state index in [1.54, 1.807) is 7.05 Å². The second kappa shape index (κ2) is 9.62. The van der Waals surface area contributed by atoms with E-state index in [2.05, 4.69) is 45.1 Å². The summed E-state index contributed by atoms with van der Waals surface area (Å²) in [5, 5.41) is 9.16. The first-order valence-corrected chi connectivity index (χ1v) is 11.6. The molecule has 1 aromatic carbocycles. The van der Waals surface area contributed by atoms with Crippen molar-refractivity contribution in [2.24, 2.45) is 10.9 Å². The number of nitrogens with zero attached hydrogens (tertiary/aromatic N) is 3. The lowest BCUT2D eigenvalue weighted by molar-refractivity contribution is -0.117. The van der Waals surface area contributed by atoms with Crippen molar-refractivity contribution in [2.75, 3.05) is 38.6 Å². The van der Waals surface area contributed by atoms with Gasteiger partial charge >= 0.3 is 0 Å². The summed E-state index contributed by atoms with van der Waals surface area (Å²) in [7, 11) is 4.02. The smallest absolute Gasteiger partial charge is 0.229 e. The summed E-state index contributed by atoms with van der Waals surface area (Å²) in [6.45, 7) is 2.68. The SMILES string of the molecule is CN=C(NCC1CCCN(C)C1c1cccs1)NC1CC(=O)N(c2ccccc2)C1. The molecule has 4 rings (SSSR count). The standard InChI is InChI=1S/C23H31N5OS/c1-24-23(26-18-14-21(29)28(16-18)19-9-4-3-5-10-19)25-15-17-8-6-12-27(2)22(17)20-11-7-13-30-20/h3-5,7,9-11,13,17-18,22H,6,8,12,14-16H2,1-2H3,(H2,24,25,26). The van der Waals surface area contributed by atoms with E-state index < -0.39 is 0 Å². The molecule has 2 fully saturated rings. The Hall–Kier alpha value is -2.38. The minimum Gasteiger partial charge on any atom is -0.356 e. The monoisotopic (exact) mass is 425 g/mol. The fourth-order valence-corrected chi connectivity index (χ4v) is 5.64. The molecule has 0 radical (unpaired) electrons. The number of hydrogen-bond acceptors (Lipinski definition) is 4. The number of thiophene rings is 1. The van der Waals surface area contributed by atoms with E-state index in [4.69, 9.17) is 0 Å². The van der Waals surface area contributed by atoms with Crippen LogP contribution in [0.3, 0.4) is 0 Å². The van der Waals surface area contributed by atoms with Gasteiger partial charge < -0.3 is 15.5 Å². The topological polar surface area (TPSA) is 60.0 Å². The number of piperidine rings is 1. The molecular formula is C23H31N5OS. The summed E-state index contributed by atoms with van der Waals surface area (Å²) in [6, 6.07) is 14.8. The molecule has 2 aliphatic heterocycles. The van der Waals surface area contributed by atoms with Crippen LogP contribution in [0.5, 0.6) is 0 Å². The van der Waals surface area contributed by atoms with Crippen LogP contribution in [0, 0.1) is 5.92 Å². The number of likely N-dealkylation sites (tertiary alicyclic amines) is 1. The van der Waals surface area contributed by atoms with Gasteiger partial charge in [-0.25, -0.2) is 0 Å².